The molecule has 0 spiro atoms. The minimum absolute atomic E-state index is 0.138. The number of pyridine rings is 1. The van der Waals surface area contributed by atoms with Gasteiger partial charge in [-0.05, 0) is 37.1 Å². The Morgan fingerprint density at radius 2 is 1.72 bits per heavy atom. The van der Waals surface area contributed by atoms with E-state index < -0.39 is 0 Å². The first-order chi connectivity index (χ1) is 12.0. The van der Waals surface area contributed by atoms with Crippen LogP contribution in [0.4, 0.5) is 0 Å². The third-order valence-electron chi connectivity index (χ3n) is 4.39. The van der Waals surface area contributed by atoms with Crippen LogP contribution in [0.1, 0.15) is 28.1 Å². The van der Waals surface area contributed by atoms with Crippen molar-refractivity contribution < 1.29 is 0 Å². The maximum absolute atomic E-state index is 11.2. The van der Waals surface area contributed by atoms with Crippen molar-refractivity contribution in [1.29, 1.82) is 10.5 Å². The van der Waals surface area contributed by atoms with E-state index in [1.807, 2.05) is 26.0 Å². The highest BCUT2D eigenvalue weighted by Gasteiger charge is 2.19. The van der Waals surface area contributed by atoms with Crippen LogP contribution in [0.15, 0.2) is 47.4 Å². The van der Waals surface area contributed by atoms with Crippen LogP contribution in [-0.4, -0.2) is 9.55 Å². The van der Waals surface area contributed by atoms with E-state index in [-0.39, 0.29) is 5.56 Å². The third kappa shape index (κ3) is 2.96. The predicted octanol–water partition coefficient (Wildman–Crippen LogP) is 3.25. The van der Waals surface area contributed by atoms with Crippen molar-refractivity contribution in [3.63, 3.8) is 0 Å². The van der Waals surface area contributed by atoms with Crippen molar-refractivity contribution in [3.8, 4) is 23.3 Å². The highest BCUT2D eigenvalue weighted by Crippen LogP contribution is 2.32. The average Bonchev–Trinajstić information content (AvgIpc) is 2.87. The highest BCUT2D eigenvalue weighted by atomic mass is 16.1. The fraction of sp³-hybridized carbons (Fsp3) is 0.150. The Balaban J connectivity index is 2.11. The molecular formula is C20H16N4O. The first-order valence-corrected chi connectivity index (χ1v) is 7.83. The highest BCUT2D eigenvalue weighted by molar-refractivity contribution is 5.75. The van der Waals surface area contributed by atoms with E-state index in [2.05, 4.69) is 21.7 Å². The van der Waals surface area contributed by atoms with E-state index in [1.54, 1.807) is 24.4 Å². The van der Waals surface area contributed by atoms with Gasteiger partial charge in [-0.2, -0.15) is 10.5 Å². The molecule has 2 aromatic heterocycles. The molecule has 0 aliphatic carbocycles. The van der Waals surface area contributed by atoms with E-state index in [4.69, 9.17) is 5.26 Å². The first kappa shape index (κ1) is 16.3. The van der Waals surface area contributed by atoms with Crippen LogP contribution in [-0.2, 0) is 6.54 Å². The van der Waals surface area contributed by atoms with E-state index in [0.29, 0.717) is 17.7 Å². The van der Waals surface area contributed by atoms with E-state index in [0.717, 1.165) is 28.1 Å². The summed E-state index contributed by atoms with van der Waals surface area (Å²) in [6.07, 6.45) is 1.69. The number of aromatic amines is 1. The van der Waals surface area contributed by atoms with E-state index in [9.17, 15) is 10.1 Å². The zero-order valence-corrected chi connectivity index (χ0v) is 14.0. The van der Waals surface area contributed by atoms with Gasteiger partial charge in [0.2, 0.25) is 5.56 Å². The monoisotopic (exact) mass is 328 g/mol. The summed E-state index contributed by atoms with van der Waals surface area (Å²) >= 11 is 0. The number of hydrogen-bond donors (Lipinski definition) is 1. The summed E-state index contributed by atoms with van der Waals surface area (Å²) in [4.78, 5) is 13.9. The second-order valence-electron chi connectivity index (χ2n) is 5.87. The molecule has 0 aliphatic rings. The minimum Gasteiger partial charge on any atom is -0.343 e. The quantitative estimate of drug-likeness (QED) is 0.801. The molecule has 5 heteroatoms. The molecule has 3 aromatic rings. The van der Waals surface area contributed by atoms with Crippen LogP contribution in [0.2, 0.25) is 0 Å². The number of rotatable bonds is 3. The number of nitriles is 2. The molecule has 1 N–H and O–H groups in total. The van der Waals surface area contributed by atoms with Crippen molar-refractivity contribution >= 4 is 0 Å². The number of aromatic nitrogens is 2. The zero-order valence-electron chi connectivity index (χ0n) is 14.0. The standard InChI is InChI=1S/C20H16N4O/c1-13-18(10-22)20(17-6-3-15(9-21)4-7-17)14(2)24(13)12-16-5-8-19(25)23-11-16/h3-8,11H,12H2,1-2H3,(H,23,25). The molecule has 2 heterocycles. The number of H-pyrrole nitrogens is 1. The minimum atomic E-state index is -0.138. The smallest absolute Gasteiger partial charge is 0.247 e. The lowest BCUT2D eigenvalue weighted by atomic mass is 10.0. The maximum Gasteiger partial charge on any atom is 0.247 e. The summed E-state index contributed by atoms with van der Waals surface area (Å²) in [6.45, 7) is 4.47. The van der Waals surface area contributed by atoms with Gasteiger partial charge >= 0.3 is 0 Å². The average molecular weight is 328 g/mol. The van der Waals surface area contributed by atoms with Gasteiger partial charge in [0.1, 0.15) is 6.07 Å². The van der Waals surface area contributed by atoms with Gasteiger partial charge in [0, 0.05) is 35.8 Å². The lowest BCUT2D eigenvalue weighted by Gasteiger charge is -2.10. The Labute approximate surface area is 145 Å². The zero-order chi connectivity index (χ0) is 18.0. The molecule has 0 aliphatic heterocycles. The van der Waals surface area contributed by atoms with Crippen molar-refractivity contribution in [2.75, 3.05) is 0 Å². The van der Waals surface area contributed by atoms with Gasteiger partial charge in [-0.1, -0.05) is 18.2 Å². The molecular weight excluding hydrogens is 312 g/mol. The van der Waals surface area contributed by atoms with Crippen molar-refractivity contribution in [3.05, 3.63) is 81.0 Å². The van der Waals surface area contributed by atoms with Crippen molar-refractivity contribution in [2.24, 2.45) is 0 Å². The molecule has 122 valence electrons. The molecule has 25 heavy (non-hydrogen) atoms. The van der Waals surface area contributed by atoms with Gasteiger partial charge in [0.15, 0.2) is 0 Å². The maximum atomic E-state index is 11.2. The summed E-state index contributed by atoms with van der Waals surface area (Å²) in [7, 11) is 0. The molecule has 0 atom stereocenters. The van der Waals surface area contributed by atoms with Crippen LogP contribution >= 0.6 is 0 Å². The van der Waals surface area contributed by atoms with Crippen LogP contribution < -0.4 is 5.56 Å². The van der Waals surface area contributed by atoms with Gasteiger partial charge in [-0.15, -0.1) is 0 Å². The Morgan fingerprint density at radius 1 is 1.00 bits per heavy atom. The Hall–Kier alpha value is -3.57. The summed E-state index contributed by atoms with van der Waals surface area (Å²) in [5, 5.41) is 18.6. The number of nitrogens with one attached hydrogen (secondary N) is 1. The fourth-order valence-corrected chi connectivity index (χ4v) is 3.05. The summed E-state index contributed by atoms with van der Waals surface area (Å²) in [5.41, 5.74) is 5.69. The van der Waals surface area contributed by atoms with Crippen LogP contribution in [0.5, 0.6) is 0 Å². The second kappa shape index (κ2) is 6.51. The van der Waals surface area contributed by atoms with Gasteiger partial charge in [0.05, 0.1) is 17.2 Å². The number of benzene rings is 1. The van der Waals surface area contributed by atoms with Gasteiger partial charge in [0.25, 0.3) is 0 Å². The molecule has 5 nitrogen and oxygen atoms in total. The fourth-order valence-electron chi connectivity index (χ4n) is 3.05. The summed E-state index contributed by atoms with van der Waals surface area (Å²) in [5.74, 6) is 0. The third-order valence-corrected chi connectivity index (χ3v) is 4.39. The van der Waals surface area contributed by atoms with Crippen molar-refractivity contribution in [2.45, 2.75) is 20.4 Å². The van der Waals surface area contributed by atoms with Crippen molar-refractivity contribution in [1.82, 2.24) is 9.55 Å². The second-order valence-corrected chi connectivity index (χ2v) is 5.87. The Morgan fingerprint density at radius 3 is 2.28 bits per heavy atom. The molecule has 0 unspecified atom stereocenters. The normalized spacial score (nSPS) is 10.2. The van der Waals surface area contributed by atoms with Crippen LogP contribution in [0.25, 0.3) is 11.1 Å². The van der Waals surface area contributed by atoms with Crippen LogP contribution in [0.3, 0.4) is 0 Å². The van der Waals surface area contributed by atoms with Gasteiger partial charge < -0.3 is 9.55 Å². The van der Waals surface area contributed by atoms with Gasteiger partial charge in [-0.25, -0.2) is 0 Å². The SMILES string of the molecule is Cc1c(C#N)c(-c2ccc(C#N)cc2)c(C)n1Cc1ccc(=O)[nH]c1. The molecule has 0 radical (unpaired) electrons. The number of hydrogen-bond acceptors (Lipinski definition) is 3. The van der Waals surface area contributed by atoms with Gasteiger partial charge in [-0.3, -0.25) is 4.79 Å². The molecule has 3 rings (SSSR count). The molecule has 0 saturated carbocycles. The Kier molecular flexibility index (Phi) is 4.24. The molecule has 0 fully saturated rings. The number of nitrogens with zero attached hydrogens (tertiary/aromatic N) is 3. The Bertz CT molecular complexity index is 1050. The lowest BCUT2D eigenvalue weighted by Crippen LogP contribution is -2.08. The van der Waals surface area contributed by atoms with Crippen LogP contribution in [0, 0.1) is 36.5 Å². The summed E-state index contributed by atoms with van der Waals surface area (Å²) < 4.78 is 2.07. The molecule has 0 saturated heterocycles. The molecule has 0 bridgehead atoms. The lowest BCUT2D eigenvalue weighted by molar-refractivity contribution is 0.745. The predicted molar refractivity (Wildman–Crippen MR) is 94.9 cm³/mol. The first-order valence-electron chi connectivity index (χ1n) is 7.83. The van der Waals surface area contributed by atoms with E-state index >= 15 is 0 Å². The van der Waals surface area contributed by atoms with E-state index in [1.165, 1.54) is 6.07 Å². The summed E-state index contributed by atoms with van der Waals surface area (Å²) in [6, 6.07) is 14.9. The molecule has 1 aromatic carbocycles. The largest absolute Gasteiger partial charge is 0.343 e. The molecule has 0 amide bonds. The topological polar surface area (TPSA) is 85.4 Å².